The van der Waals surface area contributed by atoms with E-state index < -0.39 is 0 Å². The zero-order chi connectivity index (χ0) is 25.6. The van der Waals surface area contributed by atoms with Gasteiger partial charge >= 0.3 is 0 Å². The quantitative estimate of drug-likeness (QED) is 0.309. The average Bonchev–Trinajstić information content (AvgIpc) is 3.24. The summed E-state index contributed by atoms with van der Waals surface area (Å²) in [6.07, 6.45) is 12.8. The number of benzene rings is 2. The molecular weight excluding hydrogens is 460 g/mol. The van der Waals surface area contributed by atoms with Gasteiger partial charge in [0.2, 0.25) is 11.8 Å². The minimum Gasteiger partial charge on any atom is -0.338 e. The first-order valence-corrected chi connectivity index (χ1v) is 13.9. The normalized spacial score (nSPS) is 20.7. The van der Waals surface area contributed by atoms with Crippen molar-refractivity contribution in [3.8, 4) is 22.6 Å². The number of nitrogens with zero attached hydrogens (tertiary/aromatic N) is 1. The second-order valence-electron chi connectivity index (χ2n) is 10.9. The molecule has 2 aliphatic carbocycles. The van der Waals surface area contributed by atoms with Crippen molar-refractivity contribution in [2.75, 3.05) is 10.6 Å². The maximum Gasteiger partial charge on any atom is 0.227 e. The van der Waals surface area contributed by atoms with E-state index in [9.17, 15) is 9.59 Å². The Morgan fingerprint density at radius 3 is 1.78 bits per heavy atom. The van der Waals surface area contributed by atoms with Crippen LogP contribution < -0.4 is 10.6 Å². The molecule has 0 saturated heterocycles. The highest BCUT2D eigenvalue weighted by Gasteiger charge is 2.24. The fourth-order valence-corrected chi connectivity index (χ4v) is 5.61. The number of imidazole rings is 1. The van der Waals surface area contributed by atoms with Crippen LogP contribution in [0.1, 0.15) is 71.1 Å². The van der Waals surface area contributed by atoms with Crippen LogP contribution in [0.15, 0.2) is 54.7 Å². The molecule has 2 fully saturated rings. The fraction of sp³-hybridized carbons (Fsp3) is 0.452. The summed E-state index contributed by atoms with van der Waals surface area (Å²) >= 11 is 0. The predicted molar refractivity (Wildman–Crippen MR) is 149 cm³/mol. The van der Waals surface area contributed by atoms with Crippen LogP contribution in [0.5, 0.6) is 0 Å². The number of aromatic nitrogens is 2. The number of anilines is 2. The second kappa shape index (κ2) is 11.8. The monoisotopic (exact) mass is 498 g/mol. The van der Waals surface area contributed by atoms with Gasteiger partial charge in [0, 0.05) is 28.8 Å². The number of H-pyrrole nitrogens is 1. The number of carbonyl (C=O) groups is 2. The van der Waals surface area contributed by atoms with E-state index in [2.05, 4.69) is 27.5 Å². The summed E-state index contributed by atoms with van der Waals surface area (Å²) < 4.78 is 0. The van der Waals surface area contributed by atoms with E-state index in [0.29, 0.717) is 0 Å². The van der Waals surface area contributed by atoms with Gasteiger partial charge in [0.1, 0.15) is 5.82 Å². The smallest absolute Gasteiger partial charge is 0.227 e. The summed E-state index contributed by atoms with van der Waals surface area (Å²) in [6.45, 7) is 2.26. The molecular formula is C31H38N4O2. The Labute approximate surface area is 219 Å². The minimum atomic E-state index is 0.125. The van der Waals surface area contributed by atoms with Crippen LogP contribution in [-0.2, 0) is 9.59 Å². The number of rotatable bonds is 6. The molecule has 0 atom stereocenters. The minimum absolute atomic E-state index is 0.125. The van der Waals surface area contributed by atoms with Crippen LogP contribution in [0.4, 0.5) is 11.4 Å². The molecule has 0 spiro atoms. The van der Waals surface area contributed by atoms with E-state index in [1.54, 1.807) is 0 Å². The van der Waals surface area contributed by atoms with Crippen LogP contribution >= 0.6 is 0 Å². The third-order valence-electron chi connectivity index (χ3n) is 8.08. The van der Waals surface area contributed by atoms with Crippen molar-refractivity contribution >= 4 is 23.2 Å². The van der Waals surface area contributed by atoms with Crippen molar-refractivity contribution in [3.05, 3.63) is 54.7 Å². The molecule has 2 amide bonds. The first-order valence-electron chi connectivity index (χ1n) is 13.9. The largest absolute Gasteiger partial charge is 0.338 e. The molecule has 3 N–H and O–H groups in total. The molecule has 5 rings (SSSR count). The van der Waals surface area contributed by atoms with E-state index in [4.69, 9.17) is 0 Å². The van der Waals surface area contributed by atoms with Gasteiger partial charge in [0.05, 0.1) is 11.9 Å². The first-order chi connectivity index (χ1) is 18.0. The number of carbonyl (C=O) groups excluding carboxylic acids is 2. The van der Waals surface area contributed by atoms with Crippen molar-refractivity contribution < 1.29 is 9.59 Å². The zero-order valence-corrected chi connectivity index (χ0v) is 21.8. The average molecular weight is 499 g/mol. The van der Waals surface area contributed by atoms with Crippen molar-refractivity contribution in [1.82, 2.24) is 9.97 Å². The van der Waals surface area contributed by atoms with E-state index in [-0.39, 0.29) is 23.7 Å². The molecule has 0 radical (unpaired) electrons. The maximum atomic E-state index is 12.7. The summed E-state index contributed by atoms with van der Waals surface area (Å²) in [5, 5.41) is 6.18. The maximum absolute atomic E-state index is 12.7. The fourth-order valence-electron chi connectivity index (χ4n) is 5.61. The molecule has 0 aliphatic heterocycles. The Bertz CT molecular complexity index is 1180. The van der Waals surface area contributed by atoms with Gasteiger partial charge in [0.15, 0.2) is 0 Å². The van der Waals surface area contributed by atoms with Gasteiger partial charge in [-0.05, 0) is 86.4 Å². The van der Waals surface area contributed by atoms with Gasteiger partial charge in [-0.2, -0.15) is 0 Å². The first kappa shape index (κ1) is 25.2. The molecule has 0 unspecified atom stereocenters. The molecule has 1 heterocycles. The number of aromatic amines is 1. The van der Waals surface area contributed by atoms with Gasteiger partial charge in [-0.15, -0.1) is 0 Å². The topological polar surface area (TPSA) is 86.9 Å². The van der Waals surface area contributed by atoms with Gasteiger partial charge in [-0.3, -0.25) is 9.59 Å². The lowest BCUT2D eigenvalue weighted by Gasteiger charge is -2.25. The molecule has 2 aliphatic rings. The molecule has 6 heteroatoms. The van der Waals surface area contributed by atoms with Crippen molar-refractivity contribution in [2.24, 2.45) is 17.8 Å². The number of hydrogen-bond acceptors (Lipinski definition) is 3. The van der Waals surface area contributed by atoms with Crippen LogP contribution in [0, 0.1) is 17.8 Å². The lowest BCUT2D eigenvalue weighted by Crippen LogP contribution is -2.26. The molecule has 3 aromatic rings. The zero-order valence-electron chi connectivity index (χ0n) is 21.8. The Morgan fingerprint density at radius 2 is 1.22 bits per heavy atom. The molecule has 1 aromatic heterocycles. The number of amides is 2. The molecule has 2 saturated carbocycles. The van der Waals surface area contributed by atoms with Crippen molar-refractivity contribution in [3.63, 3.8) is 0 Å². The van der Waals surface area contributed by atoms with Crippen LogP contribution in [-0.4, -0.2) is 21.8 Å². The van der Waals surface area contributed by atoms with Crippen LogP contribution in [0.25, 0.3) is 22.6 Å². The lowest BCUT2D eigenvalue weighted by molar-refractivity contribution is -0.121. The third-order valence-corrected chi connectivity index (χ3v) is 8.08. The summed E-state index contributed by atoms with van der Waals surface area (Å²) in [4.78, 5) is 33.2. The van der Waals surface area contributed by atoms with Gasteiger partial charge in [0.25, 0.3) is 0 Å². The van der Waals surface area contributed by atoms with Crippen molar-refractivity contribution in [2.45, 2.75) is 71.1 Å². The highest BCUT2D eigenvalue weighted by atomic mass is 16.2. The Kier molecular flexibility index (Phi) is 8.02. The number of nitrogens with one attached hydrogen (secondary N) is 3. The standard InChI is InChI=1S/C31H38N4O2/c1-21-8-10-25(11-9-21)31(37)34-27-18-14-23(15-19-27)29-32-20-28(35-29)22-12-16-26(17-13-22)33-30(36)24-6-4-2-3-5-7-24/h12-21,24-25H,2-11H2,1H3,(H,32,35)(H,33,36)(H,34,37). The van der Waals surface area contributed by atoms with E-state index in [1.807, 2.05) is 54.7 Å². The molecule has 194 valence electrons. The Hall–Kier alpha value is -3.41. The summed E-state index contributed by atoms with van der Waals surface area (Å²) in [7, 11) is 0. The number of hydrogen-bond donors (Lipinski definition) is 3. The summed E-state index contributed by atoms with van der Waals surface area (Å²) in [6, 6.07) is 15.7. The van der Waals surface area contributed by atoms with Crippen molar-refractivity contribution in [1.29, 1.82) is 0 Å². The highest BCUT2D eigenvalue weighted by molar-refractivity contribution is 5.93. The highest BCUT2D eigenvalue weighted by Crippen LogP contribution is 2.30. The van der Waals surface area contributed by atoms with Crippen LogP contribution in [0.3, 0.4) is 0 Å². The molecule has 6 nitrogen and oxygen atoms in total. The molecule has 0 bridgehead atoms. The Morgan fingerprint density at radius 1 is 0.703 bits per heavy atom. The summed E-state index contributed by atoms with van der Waals surface area (Å²) in [5.41, 5.74) is 4.54. The molecule has 2 aromatic carbocycles. The Balaban J connectivity index is 1.17. The SMILES string of the molecule is CC1CCC(C(=O)Nc2ccc(-c3ncc(-c4ccc(NC(=O)C5CCCCCC5)cc4)[nH]3)cc2)CC1. The second-order valence-corrected chi connectivity index (χ2v) is 10.9. The van der Waals surface area contributed by atoms with Gasteiger partial charge < -0.3 is 15.6 Å². The molecule has 37 heavy (non-hydrogen) atoms. The van der Waals surface area contributed by atoms with Crippen LogP contribution in [0.2, 0.25) is 0 Å². The lowest BCUT2D eigenvalue weighted by atomic mass is 9.82. The van der Waals surface area contributed by atoms with E-state index in [1.165, 1.54) is 12.8 Å². The van der Waals surface area contributed by atoms with E-state index in [0.717, 1.165) is 91.3 Å². The predicted octanol–water partition coefficient (Wildman–Crippen LogP) is 7.42. The van der Waals surface area contributed by atoms with Gasteiger partial charge in [-0.25, -0.2) is 4.98 Å². The third kappa shape index (κ3) is 6.48. The van der Waals surface area contributed by atoms with Gasteiger partial charge in [-0.1, -0.05) is 44.7 Å². The summed E-state index contributed by atoms with van der Waals surface area (Å²) in [5.74, 6) is 2.05. The van der Waals surface area contributed by atoms with E-state index >= 15 is 0 Å².